The predicted octanol–water partition coefficient (Wildman–Crippen LogP) is 4.93. The van der Waals surface area contributed by atoms with Crippen molar-refractivity contribution >= 4 is 5.57 Å². The van der Waals surface area contributed by atoms with Gasteiger partial charge in [-0.15, -0.1) is 0 Å². The second-order valence-corrected chi connectivity index (χ2v) is 4.90. The van der Waals surface area contributed by atoms with Crippen LogP contribution in [0.3, 0.4) is 0 Å². The molecule has 0 nitrogen and oxygen atoms in total. The van der Waals surface area contributed by atoms with Crippen LogP contribution in [0.5, 0.6) is 0 Å². The lowest BCUT2D eigenvalue weighted by Crippen LogP contribution is -2.02. The van der Waals surface area contributed by atoms with E-state index in [9.17, 15) is 0 Å². The van der Waals surface area contributed by atoms with Crippen LogP contribution in [0.1, 0.15) is 43.9 Å². The summed E-state index contributed by atoms with van der Waals surface area (Å²) in [4.78, 5) is 0. The standard InChI is InChI=1S/C15H16.C2H6/c1-10-3-5-14-12(7-10)9-13-8-11(2)4-6-15(13)14;1-2/h3-7,13H,8-9H2,1-2H3;1-2H3. The van der Waals surface area contributed by atoms with Crippen molar-refractivity contribution in [2.75, 3.05) is 0 Å². The highest BCUT2D eigenvalue weighted by Crippen LogP contribution is 2.42. The van der Waals surface area contributed by atoms with E-state index in [4.69, 9.17) is 0 Å². The van der Waals surface area contributed by atoms with E-state index < -0.39 is 0 Å². The summed E-state index contributed by atoms with van der Waals surface area (Å²) in [6.45, 7) is 8.42. The zero-order chi connectivity index (χ0) is 12.4. The van der Waals surface area contributed by atoms with Gasteiger partial charge in [0, 0.05) is 0 Å². The molecule has 0 heteroatoms. The largest absolute Gasteiger partial charge is 0.0727 e. The molecule has 0 saturated carbocycles. The van der Waals surface area contributed by atoms with Gasteiger partial charge in [-0.2, -0.15) is 0 Å². The Hall–Kier alpha value is -1.30. The van der Waals surface area contributed by atoms with Gasteiger partial charge in [0.1, 0.15) is 0 Å². The molecule has 0 amide bonds. The minimum Gasteiger partial charge on any atom is -0.0727 e. The molecule has 0 bridgehead atoms. The summed E-state index contributed by atoms with van der Waals surface area (Å²) in [5.41, 5.74) is 7.52. The topological polar surface area (TPSA) is 0 Å². The second kappa shape index (κ2) is 4.91. The number of aryl methyl sites for hydroxylation is 1. The highest BCUT2D eigenvalue weighted by atomic mass is 14.3. The van der Waals surface area contributed by atoms with Crippen molar-refractivity contribution in [1.29, 1.82) is 0 Å². The van der Waals surface area contributed by atoms with E-state index in [2.05, 4.69) is 44.2 Å². The van der Waals surface area contributed by atoms with Crippen molar-refractivity contribution in [2.24, 2.45) is 5.92 Å². The molecule has 1 unspecified atom stereocenters. The fourth-order valence-electron chi connectivity index (χ4n) is 2.87. The number of allylic oxidation sites excluding steroid dienone is 4. The van der Waals surface area contributed by atoms with Gasteiger partial charge in [0.2, 0.25) is 0 Å². The Labute approximate surface area is 105 Å². The predicted molar refractivity (Wildman–Crippen MR) is 76.1 cm³/mol. The maximum atomic E-state index is 2.35. The minimum atomic E-state index is 0.756. The molecular weight excluding hydrogens is 204 g/mol. The molecule has 0 heterocycles. The molecule has 2 aliphatic rings. The smallest absolute Gasteiger partial charge is 0.00780 e. The Morgan fingerprint density at radius 1 is 1.00 bits per heavy atom. The molecule has 1 aromatic rings. The lowest BCUT2D eigenvalue weighted by atomic mass is 9.88. The Balaban J connectivity index is 0.000000514. The Bertz CT molecular complexity index is 475. The van der Waals surface area contributed by atoms with Gasteiger partial charge in [0.25, 0.3) is 0 Å². The van der Waals surface area contributed by atoms with E-state index in [-0.39, 0.29) is 0 Å². The molecule has 0 spiro atoms. The van der Waals surface area contributed by atoms with Crippen LogP contribution in [-0.2, 0) is 6.42 Å². The number of fused-ring (bicyclic) bond motifs is 3. The SMILES string of the molecule is CC.CC1=CC=C2c3ccc(C)cc3CC2C1. The van der Waals surface area contributed by atoms with Gasteiger partial charge in [0.15, 0.2) is 0 Å². The number of rotatable bonds is 0. The van der Waals surface area contributed by atoms with Gasteiger partial charge in [-0.3, -0.25) is 0 Å². The lowest BCUT2D eigenvalue weighted by Gasteiger charge is -2.16. The van der Waals surface area contributed by atoms with Gasteiger partial charge in [-0.25, -0.2) is 0 Å². The fourth-order valence-corrected chi connectivity index (χ4v) is 2.87. The first kappa shape index (κ1) is 12.2. The molecule has 1 aromatic carbocycles. The van der Waals surface area contributed by atoms with Gasteiger partial charge < -0.3 is 0 Å². The highest BCUT2D eigenvalue weighted by Gasteiger charge is 2.27. The normalized spacial score (nSPS) is 20.6. The molecule has 0 fully saturated rings. The average molecular weight is 226 g/mol. The summed E-state index contributed by atoms with van der Waals surface area (Å²) in [6, 6.07) is 6.88. The Morgan fingerprint density at radius 3 is 2.53 bits per heavy atom. The van der Waals surface area contributed by atoms with Crippen LogP contribution in [0.15, 0.2) is 35.9 Å². The average Bonchev–Trinajstić information content (AvgIpc) is 2.67. The van der Waals surface area contributed by atoms with Crippen LogP contribution in [0.2, 0.25) is 0 Å². The van der Waals surface area contributed by atoms with Crippen LogP contribution in [0, 0.1) is 12.8 Å². The molecule has 0 aromatic heterocycles. The Kier molecular flexibility index (Phi) is 3.51. The summed E-state index contributed by atoms with van der Waals surface area (Å²) in [7, 11) is 0. The van der Waals surface area contributed by atoms with E-state index in [0.29, 0.717) is 0 Å². The van der Waals surface area contributed by atoms with Crippen molar-refractivity contribution in [3.8, 4) is 0 Å². The number of hydrogen-bond acceptors (Lipinski definition) is 0. The number of hydrogen-bond donors (Lipinski definition) is 0. The van der Waals surface area contributed by atoms with Crippen LogP contribution in [0.4, 0.5) is 0 Å². The Morgan fingerprint density at radius 2 is 1.76 bits per heavy atom. The maximum absolute atomic E-state index is 2.35. The zero-order valence-electron chi connectivity index (χ0n) is 11.4. The lowest BCUT2D eigenvalue weighted by molar-refractivity contribution is 0.678. The first-order chi connectivity index (χ1) is 8.24. The van der Waals surface area contributed by atoms with E-state index >= 15 is 0 Å². The monoisotopic (exact) mass is 226 g/mol. The third kappa shape index (κ3) is 2.22. The maximum Gasteiger partial charge on any atom is -0.00780 e. The first-order valence-corrected chi connectivity index (χ1v) is 6.71. The molecule has 1 atom stereocenters. The van der Waals surface area contributed by atoms with E-state index in [1.54, 1.807) is 11.1 Å². The summed E-state index contributed by atoms with van der Waals surface area (Å²) < 4.78 is 0. The van der Waals surface area contributed by atoms with Crippen molar-refractivity contribution < 1.29 is 0 Å². The van der Waals surface area contributed by atoms with E-state index in [1.807, 2.05) is 13.8 Å². The molecule has 17 heavy (non-hydrogen) atoms. The summed E-state index contributed by atoms with van der Waals surface area (Å²) in [5, 5.41) is 0. The molecular formula is C17H22. The summed E-state index contributed by atoms with van der Waals surface area (Å²) in [6.07, 6.45) is 7.10. The van der Waals surface area contributed by atoms with Gasteiger partial charge >= 0.3 is 0 Å². The van der Waals surface area contributed by atoms with Crippen LogP contribution >= 0.6 is 0 Å². The third-order valence-corrected chi connectivity index (χ3v) is 3.59. The fraction of sp³-hybridized carbons (Fsp3) is 0.412. The molecule has 2 aliphatic carbocycles. The van der Waals surface area contributed by atoms with Crippen molar-refractivity contribution in [3.05, 3.63) is 52.6 Å². The third-order valence-electron chi connectivity index (χ3n) is 3.59. The van der Waals surface area contributed by atoms with Crippen LogP contribution < -0.4 is 0 Å². The second-order valence-electron chi connectivity index (χ2n) is 4.90. The van der Waals surface area contributed by atoms with Crippen molar-refractivity contribution in [2.45, 2.75) is 40.5 Å². The molecule has 0 saturated heterocycles. The van der Waals surface area contributed by atoms with Gasteiger partial charge in [-0.05, 0) is 49.3 Å². The van der Waals surface area contributed by atoms with Crippen LogP contribution in [0.25, 0.3) is 5.57 Å². The molecule has 3 rings (SSSR count). The number of benzene rings is 1. The zero-order valence-corrected chi connectivity index (χ0v) is 11.4. The molecule has 0 radical (unpaired) electrons. The summed E-state index contributed by atoms with van der Waals surface area (Å²) >= 11 is 0. The highest BCUT2D eigenvalue weighted by molar-refractivity contribution is 5.77. The van der Waals surface area contributed by atoms with E-state index in [0.717, 1.165) is 5.92 Å². The van der Waals surface area contributed by atoms with Gasteiger partial charge in [0.05, 0.1) is 0 Å². The van der Waals surface area contributed by atoms with Crippen LogP contribution in [-0.4, -0.2) is 0 Å². The molecule has 0 N–H and O–H groups in total. The summed E-state index contributed by atoms with van der Waals surface area (Å²) in [5.74, 6) is 0.756. The van der Waals surface area contributed by atoms with E-state index in [1.165, 1.54) is 29.5 Å². The first-order valence-electron chi connectivity index (χ1n) is 6.71. The minimum absolute atomic E-state index is 0.756. The van der Waals surface area contributed by atoms with Crippen molar-refractivity contribution in [1.82, 2.24) is 0 Å². The van der Waals surface area contributed by atoms with Gasteiger partial charge in [-0.1, -0.05) is 55.3 Å². The van der Waals surface area contributed by atoms with Crippen molar-refractivity contribution in [3.63, 3.8) is 0 Å². The molecule has 0 aliphatic heterocycles. The molecule has 90 valence electrons. The quantitative estimate of drug-likeness (QED) is 0.588.